The van der Waals surface area contributed by atoms with Crippen molar-refractivity contribution in [3.8, 4) is 56.7 Å². The molecule has 11 aromatic carbocycles. The lowest BCUT2D eigenvalue weighted by Gasteiger charge is -2.17. The first-order chi connectivity index (χ1) is 35.2. The maximum atomic E-state index is 5.43. The Morgan fingerprint density at radius 3 is 1.63 bits per heavy atom. The zero-order valence-corrected chi connectivity index (χ0v) is 39.0. The van der Waals surface area contributed by atoms with Gasteiger partial charge in [-0.05, 0) is 99.9 Å². The third-order valence-corrected chi connectivity index (χ3v) is 15.4. The molecule has 15 aromatic rings. The molecule has 0 bridgehead atoms. The van der Waals surface area contributed by atoms with E-state index in [2.05, 4.69) is 228 Å². The number of aromatic nitrogens is 5. The van der Waals surface area contributed by atoms with Crippen molar-refractivity contribution in [3.63, 3.8) is 0 Å². The van der Waals surface area contributed by atoms with E-state index in [1.54, 1.807) is 0 Å². The van der Waals surface area contributed by atoms with Gasteiger partial charge in [-0.25, -0.2) is 15.0 Å². The fraction of sp³-hybridized carbons (Fsp3) is 0. The maximum Gasteiger partial charge on any atom is 0.164 e. The molecule has 4 heterocycles. The van der Waals surface area contributed by atoms with Crippen molar-refractivity contribution in [2.75, 3.05) is 0 Å². The molecule has 0 aliphatic carbocycles. The molecule has 0 saturated carbocycles. The molecule has 0 fully saturated rings. The summed E-state index contributed by atoms with van der Waals surface area (Å²) in [6.07, 6.45) is 0. The molecule has 0 spiro atoms. The first-order valence-corrected chi connectivity index (χ1v) is 24.8. The van der Waals surface area contributed by atoms with Crippen molar-refractivity contribution < 1.29 is 0 Å². The van der Waals surface area contributed by atoms with Crippen molar-refractivity contribution >= 4 is 96.7 Å². The molecule has 0 aliphatic heterocycles. The lowest BCUT2D eigenvalue weighted by atomic mass is 9.94. The molecule has 71 heavy (non-hydrogen) atoms. The Morgan fingerprint density at radius 2 is 0.859 bits per heavy atom. The summed E-state index contributed by atoms with van der Waals surface area (Å²) in [4.78, 5) is 16.0. The Bertz CT molecular complexity index is 4640. The highest BCUT2D eigenvalue weighted by Gasteiger charge is 2.23. The molecule has 15 rings (SSSR count). The second-order valence-electron chi connectivity index (χ2n) is 18.3. The van der Waals surface area contributed by atoms with Crippen LogP contribution in [0, 0.1) is 0 Å². The highest BCUT2D eigenvalue weighted by molar-refractivity contribution is 7.26. The van der Waals surface area contributed by atoms with Crippen LogP contribution in [-0.2, 0) is 0 Å². The number of para-hydroxylation sites is 3. The van der Waals surface area contributed by atoms with Crippen LogP contribution in [0.5, 0.6) is 0 Å². The summed E-state index contributed by atoms with van der Waals surface area (Å²) in [5, 5.41) is 12.2. The quantitative estimate of drug-likeness (QED) is 0.167. The average molecular weight is 922 g/mol. The van der Waals surface area contributed by atoms with Gasteiger partial charge >= 0.3 is 0 Å². The first-order valence-electron chi connectivity index (χ1n) is 24.0. The van der Waals surface area contributed by atoms with Crippen molar-refractivity contribution in [1.82, 2.24) is 24.1 Å². The molecule has 0 atom stereocenters. The van der Waals surface area contributed by atoms with Crippen molar-refractivity contribution in [1.29, 1.82) is 0 Å². The molecular weight excluding hydrogens is 883 g/mol. The molecule has 0 radical (unpaired) electrons. The van der Waals surface area contributed by atoms with Gasteiger partial charge in [0.05, 0.1) is 27.8 Å². The zero-order chi connectivity index (χ0) is 46.6. The smallest absolute Gasteiger partial charge is 0.164 e. The highest BCUT2D eigenvalue weighted by atomic mass is 32.1. The fourth-order valence-electron chi connectivity index (χ4n) is 11.1. The SMILES string of the molecule is c1ccc(-c2nc(-c3ccc(-n4c5ccccc5c5cc6ccccc6cc54)c(-c4cccc5sc6ccc7ccccc7c6c45)c3)nc(-c3ccc4c5ccccc5n(-c5ccccc5)c4c3)n2)cc1. The van der Waals surface area contributed by atoms with E-state index in [0.29, 0.717) is 17.5 Å². The van der Waals surface area contributed by atoms with Crippen molar-refractivity contribution in [3.05, 3.63) is 237 Å². The van der Waals surface area contributed by atoms with Gasteiger partial charge in [-0.3, -0.25) is 0 Å². The molecular formula is C65H39N5S. The van der Waals surface area contributed by atoms with Crippen LogP contribution in [0.4, 0.5) is 0 Å². The summed E-state index contributed by atoms with van der Waals surface area (Å²) in [7, 11) is 0. The normalized spacial score (nSPS) is 11.9. The Labute approximate surface area is 411 Å². The monoisotopic (exact) mass is 921 g/mol. The van der Waals surface area contributed by atoms with Gasteiger partial charge in [-0.2, -0.15) is 0 Å². The van der Waals surface area contributed by atoms with Gasteiger partial charge < -0.3 is 9.13 Å². The van der Waals surface area contributed by atoms with Gasteiger partial charge in [0.15, 0.2) is 17.5 Å². The number of nitrogens with zero attached hydrogens (tertiary/aromatic N) is 5. The minimum Gasteiger partial charge on any atom is -0.309 e. The third kappa shape index (κ3) is 6.22. The lowest BCUT2D eigenvalue weighted by molar-refractivity contribution is 1.07. The number of thiophene rings is 1. The zero-order valence-electron chi connectivity index (χ0n) is 38.2. The van der Waals surface area contributed by atoms with E-state index in [1.165, 1.54) is 63.3 Å². The minimum atomic E-state index is 0.603. The van der Waals surface area contributed by atoms with Crippen LogP contribution < -0.4 is 0 Å². The molecule has 6 heteroatoms. The van der Waals surface area contributed by atoms with E-state index in [0.717, 1.165) is 61.3 Å². The second kappa shape index (κ2) is 15.7. The van der Waals surface area contributed by atoms with E-state index in [4.69, 9.17) is 15.0 Å². The molecule has 0 N–H and O–H groups in total. The van der Waals surface area contributed by atoms with Crippen molar-refractivity contribution in [2.45, 2.75) is 0 Å². The van der Waals surface area contributed by atoms with E-state index in [9.17, 15) is 0 Å². The second-order valence-corrected chi connectivity index (χ2v) is 19.4. The lowest BCUT2D eigenvalue weighted by Crippen LogP contribution is -2.02. The fourth-order valence-corrected chi connectivity index (χ4v) is 12.3. The van der Waals surface area contributed by atoms with E-state index in [-0.39, 0.29) is 0 Å². The third-order valence-electron chi connectivity index (χ3n) is 14.3. The summed E-state index contributed by atoms with van der Waals surface area (Å²) in [6.45, 7) is 0. The van der Waals surface area contributed by atoms with Crippen LogP contribution in [0.15, 0.2) is 237 Å². The van der Waals surface area contributed by atoms with E-state index >= 15 is 0 Å². The Morgan fingerprint density at radius 1 is 0.296 bits per heavy atom. The standard InChI is InChI=1S/C65H39N5S/c1-3-17-41(18-4-1)63-66-64(68-65(67-63)45-30-33-50-48-24-11-13-27-54(48)69(57(50)39-45)46-21-5-2-6-22-46)44-31-34-56(70-55-28-14-12-25-49(55)52-36-42-19-7-8-20-43(42)38-58(52)70)53(37-44)51-26-15-29-59-62(51)61-47-23-10-9-16-40(47)32-35-60(61)71-59/h1-39H. The van der Waals surface area contributed by atoms with Crippen LogP contribution in [0.2, 0.25) is 0 Å². The average Bonchev–Trinajstić information content (AvgIpc) is 4.10. The van der Waals surface area contributed by atoms with Crippen LogP contribution >= 0.6 is 11.3 Å². The van der Waals surface area contributed by atoms with E-state index in [1.807, 2.05) is 29.5 Å². The van der Waals surface area contributed by atoms with Crippen LogP contribution in [-0.4, -0.2) is 24.1 Å². The molecule has 0 unspecified atom stereocenters. The molecule has 5 nitrogen and oxygen atoms in total. The molecule has 0 saturated heterocycles. The Balaban J connectivity index is 1.02. The number of benzene rings is 11. The van der Waals surface area contributed by atoms with Gasteiger partial charge in [0.2, 0.25) is 0 Å². The van der Waals surface area contributed by atoms with Crippen LogP contribution in [0.25, 0.3) is 142 Å². The van der Waals surface area contributed by atoms with Crippen molar-refractivity contribution in [2.24, 2.45) is 0 Å². The van der Waals surface area contributed by atoms with Gasteiger partial charge in [0.1, 0.15) is 0 Å². The largest absolute Gasteiger partial charge is 0.309 e. The van der Waals surface area contributed by atoms with Gasteiger partial charge in [0, 0.05) is 69.7 Å². The summed E-state index contributed by atoms with van der Waals surface area (Å²) in [5.41, 5.74) is 11.7. The summed E-state index contributed by atoms with van der Waals surface area (Å²) < 4.78 is 7.33. The summed E-state index contributed by atoms with van der Waals surface area (Å²) in [6, 6.07) is 85.2. The predicted molar refractivity (Wildman–Crippen MR) is 298 cm³/mol. The topological polar surface area (TPSA) is 48.5 Å². The van der Waals surface area contributed by atoms with Crippen LogP contribution in [0.1, 0.15) is 0 Å². The van der Waals surface area contributed by atoms with Gasteiger partial charge in [0.25, 0.3) is 0 Å². The minimum absolute atomic E-state index is 0.603. The Hall–Kier alpha value is -9.23. The molecule has 0 aliphatic rings. The maximum absolute atomic E-state index is 5.43. The van der Waals surface area contributed by atoms with E-state index < -0.39 is 0 Å². The summed E-state index contributed by atoms with van der Waals surface area (Å²) >= 11 is 1.85. The number of hydrogen-bond acceptors (Lipinski definition) is 4. The highest BCUT2D eigenvalue weighted by Crippen LogP contribution is 2.47. The summed E-state index contributed by atoms with van der Waals surface area (Å²) in [5.74, 6) is 1.83. The number of fused-ring (bicyclic) bond motifs is 12. The predicted octanol–water partition coefficient (Wildman–Crippen LogP) is 17.4. The first kappa shape index (κ1) is 39.7. The molecule has 330 valence electrons. The number of rotatable bonds is 6. The van der Waals surface area contributed by atoms with Gasteiger partial charge in [-0.15, -0.1) is 11.3 Å². The van der Waals surface area contributed by atoms with Gasteiger partial charge in [-0.1, -0.05) is 164 Å². The van der Waals surface area contributed by atoms with Crippen LogP contribution in [0.3, 0.4) is 0 Å². The Kier molecular flexibility index (Phi) is 8.76. The number of hydrogen-bond donors (Lipinski definition) is 0. The molecule has 4 aromatic heterocycles. The molecule has 0 amide bonds.